The number of amides is 2. The Kier molecular flexibility index (Phi) is 7.31. The van der Waals surface area contributed by atoms with Crippen LogP contribution in [0, 0.1) is 0 Å². The van der Waals surface area contributed by atoms with Crippen molar-refractivity contribution in [1.29, 1.82) is 0 Å². The third kappa shape index (κ3) is 5.91. The molecular formula is C24H36N8O3S. The molecule has 2 aromatic rings. The van der Waals surface area contributed by atoms with Gasteiger partial charge >= 0.3 is 6.03 Å². The lowest BCUT2D eigenvalue weighted by atomic mass is 9.92. The molecule has 36 heavy (non-hydrogen) atoms. The van der Waals surface area contributed by atoms with E-state index in [9.17, 15) is 13.2 Å². The van der Waals surface area contributed by atoms with Crippen molar-refractivity contribution in [3.63, 3.8) is 0 Å². The fourth-order valence-corrected chi connectivity index (χ4v) is 7.69. The highest BCUT2D eigenvalue weighted by molar-refractivity contribution is 7.91. The number of aromatic amines is 1. The van der Waals surface area contributed by atoms with E-state index in [4.69, 9.17) is 5.73 Å². The summed E-state index contributed by atoms with van der Waals surface area (Å²) < 4.78 is 24.2. The quantitative estimate of drug-likeness (QED) is 0.456. The first kappa shape index (κ1) is 24.8. The van der Waals surface area contributed by atoms with Crippen LogP contribution in [0.4, 0.5) is 22.4 Å². The second-order valence-corrected chi connectivity index (χ2v) is 12.6. The molecule has 196 valence electrons. The number of aromatic nitrogens is 4. The molecule has 1 aliphatic heterocycles. The topological polar surface area (TPSA) is 159 Å². The highest BCUT2D eigenvalue weighted by atomic mass is 32.2. The Labute approximate surface area is 211 Å². The molecule has 5 N–H and O–H groups in total. The van der Waals surface area contributed by atoms with Gasteiger partial charge < -0.3 is 21.3 Å². The summed E-state index contributed by atoms with van der Waals surface area (Å²) in [7, 11) is -3.08. The van der Waals surface area contributed by atoms with Crippen LogP contribution >= 0.6 is 0 Å². The van der Waals surface area contributed by atoms with Gasteiger partial charge in [0, 0.05) is 42.0 Å². The number of hydrogen-bond acceptors (Lipinski definition) is 8. The Balaban J connectivity index is 1.26. The molecule has 0 bridgehead atoms. The number of H-pyrrole nitrogens is 1. The van der Waals surface area contributed by atoms with Gasteiger partial charge in [-0.15, -0.1) is 0 Å². The van der Waals surface area contributed by atoms with Gasteiger partial charge in [0.25, 0.3) is 0 Å². The normalized spacial score (nSPS) is 26.4. The maximum Gasteiger partial charge on any atom is 0.318 e. The lowest BCUT2D eigenvalue weighted by molar-refractivity contribution is 0.121. The molecular weight excluding hydrogens is 480 g/mol. The monoisotopic (exact) mass is 516 g/mol. The number of urea groups is 1. The summed E-state index contributed by atoms with van der Waals surface area (Å²) in [6.07, 6.45) is 11.2. The number of carbonyl (C=O) groups excluding carboxylic acids is 1. The molecule has 0 aromatic carbocycles. The summed E-state index contributed by atoms with van der Waals surface area (Å²) in [6, 6.07) is 3.67. The number of nitrogens with one attached hydrogen (secondary N) is 3. The van der Waals surface area contributed by atoms with Crippen molar-refractivity contribution in [3.8, 4) is 0 Å². The zero-order chi connectivity index (χ0) is 25.1. The van der Waals surface area contributed by atoms with Crippen LogP contribution in [0.15, 0.2) is 18.3 Å². The summed E-state index contributed by atoms with van der Waals surface area (Å²) in [5, 5.41) is 13.8. The second kappa shape index (κ2) is 10.6. The van der Waals surface area contributed by atoms with E-state index in [0.29, 0.717) is 18.1 Å². The van der Waals surface area contributed by atoms with Gasteiger partial charge in [-0.2, -0.15) is 10.1 Å². The molecule has 12 heteroatoms. The van der Waals surface area contributed by atoms with Gasteiger partial charge in [0.2, 0.25) is 5.95 Å². The third-order valence-corrected chi connectivity index (χ3v) is 9.58. The predicted octanol–water partition coefficient (Wildman–Crippen LogP) is 3.08. The van der Waals surface area contributed by atoms with Crippen molar-refractivity contribution >= 4 is 33.5 Å². The fourth-order valence-electron chi connectivity index (χ4n) is 6.05. The molecule has 2 saturated carbocycles. The smallest absolute Gasteiger partial charge is 0.318 e. The summed E-state index contributed by atoms with van der Waals surface area (Å²) >= 11 is 0. The molecule has 2 amide bonds. The second-order valence-electron chi connectivity index (χ2n) is 10.4. The summed E-state index contributed by atoms with van der Waals surface area (Å²) in [4.78, 5) is 23.7. The van der Waals surface area contributed by atoms with E-state index < -0.39 is 9.84 Å². The van der Waals surface area contributed by atoms with Crippen LogP contribution < -0.4 is 16.4 Å². The maximum absolute atomic E-state index is 13.6. The van der Waals surface area contributed by atoms with Gasteiger partial charge in [-0.1, -0.05) is 19.3 Å². The van der Waals surface area contributed by atoms with Crippen molar-refractivity contribution in [2.75, 3.05) is 22.6 Å². The van der Waals surface area contributed by atoms with E-state index in [0.717, 1.165) is 57.1 Å². The van der Waals surface area contributed by atoms with Crippen LogP contribution in [0.3, 0.4) is 0 Å². The van der Waals surface area contributed by atoms with E-state index in [1.807, 2.05) is 6.07 Å². The van der Waals surface area contributed by atoms with Crippen molar-refractivity contribution in [1.82, 2.24) is 30.4 Å². The van der Waals surface area contributed by atoms with Crippen LogP contribution in [-0.4, -0.2) is 69.1 Å². The predicted molar refractivity (Wildman–Crippen MR) is 138 cm³/mol. The zero-order valence-corrected chi connectivity index (χ0v) is 21.3. The van der Waals surface area contributed by atoms with Gasteiger partial charge in [0.15, 0.2) is 15.7 Å². The van der Waals surface area contributed by atoms with E-state index in [-0.39, 0.29) is 47.5 Å². The number of nitrogens with two attached hydrogens (primary N) is 1. The van der Waals surface area contributed by atoms with Gasteiger partial charge in [-0.3, -0.25) is 5.10 Å². The highest BCUT2D eigenvalue weighted by Crippen LogP contribution is 2.39. The molecule has 2 aromatic heterocycles. The van der Waals surface area contributed by atoms with E-state index in [1.54, 1.807) is 12.3 Å². The average molecular weight is 517 g/mol. The Bertz CT molecular complexity index is 1160. The molecule has 3 atom stereocenters. The van der Waals surface area contributed by atoms with Crippen molar-refractivity contribution < 1.29 is 13.2 Å². The summed E-state index contributed by atoms with van der Waals surface area (Å²) in [6.45, 7) is 0. The number of nitrogens with zero attached hydrogens (tertiary/aromatic N) is 4. The van der Waals surface area contributed by atoms with E-state index in [2.05, 4.69) is 35.7 Å². The van der Waals surface area contributed by atoms with Crippen LogP contribution in [0.25, 0.3) is 0 Å². The molecule has 2 aliphatic carbocycles. The number of sulfone groups is 1. The maximum atomic E-state index is 13.6. The number of nitrogen functional groups attached to an aromatic ring is 1. The van der Waals surface area contributed by atoms with Gasteiger partial charge in [0.05, 0.1) is 11.5 Å². The van der Waals surface area contributed by atoms with E-state index >= 15 is 0 Å². The Morgan fingerprint density at radius 3 is 2.67 bits per heavy atom. The van der Waals surface area contributed by atoms with Crippen LogP contribution in [0.1, 0.15) is 75.8 Å². The Morgan fingerprint density at radius 2 is 1.89 bits per heavy atom. The molecule has 3 aliphatic rings. The van der Waals surface area contributed by atoms with Crippen molar-refractivity contribution in [3.05, 3.63) is 24.0 Å². The SMILES string of the molecule is Nc1nccc(Nc2cc(C3CCC(N(C(=O)N[C@@H]4CCCS(=O)(=O)C4)C4CCCCC4)C3)[nH]n2)n1. The van der Waals surface area contributed by atoms with Crippen molar-refractivity contribution in [2.24, 2.45) is 0 Å². The largest absolute Gasteiger partial charge is 0.368 e. The number of anilines is 3. The minimum absolute atomic E-state index is 0.0481. The Hall–Kier alpha value is -2.89. The first-order valence-electron chi connectivity index (χ1n) is 13.1. The number of carbonyl (C=O) groups is 1. The van der Waals surface area contributed by atoms with Gasteiger partial charge in [-0.05, 0) is 51.0 Å². The zero-order valence-electron chi connectivity index (χ0n) is 20.5. The third-order valence-electron chi connectivity index (χ3n) is 7.76. The standard InChI is InChI=1S/C24H36N8O3S/c25-23-26-11-10-21(29-23)28-22-14-20(30-31-22)16-8-9-19(13-16)32(18-6-2-1-3-7-18)24(33)27-17-5-4-12-36(34,35)15-17/h10-11,14,16-19H,1-9,12-13,15H2,(H,27,33)(H4,25,26,28,29,30,31)/t16?,17-,19?/m1/s1. The lowest BCUT2D eigenvalue weighted by Crippen LogP contribution is -2.55. The summed E-state index contributed by atoms with van der Waals surface area (Å²) in [5.74, 6) is 1.97. The molecule has 1 saturated heterocycles. The molecule has 0 spiro atoms. The molecule has 0 radical (unpaired) electrons. The summed E-state index contributed by atoms with van der Waals surface area (Å²) in [5.41, 5.74) is 6.69. The molecule has 2 unspecified atom stereocenters. The number of hydrogen-bond donors (Lipinski definition) is 4. The van der Waals surface area contributed by atoms with Crippen molar-refractivity contribution in [2.45, 2.75) is 88.3 Å². The minimum Gasteiger partial charge on any atom is -0.368 e. The Morgan fingerprint density at radius 1 is 1.06 bits per heavy atom. The van der Waals surface area contributed by atoms with Gasteiger partial charge in [0.1, 0.15) is 5.82 Å². The fraction of sp³-hybridized carbons (Fsp3) is 0.667. The molecule has 3 heterocycles. The first-order valence-corrected chi connectivity index (χ1v) is 14.9. The molecule has 3 fully saturated rings. The van der Waals surface area contributed by atoms with Crippen LogP contribution in [0.2, 0.25) is 0 Å². The average Bonchev–Trinajstić information content (AvgIpc) is 3.49. The minimum atomic E-state index is -3.08. The van der Waals surface area contributed by atoms with Crippen LogP contribution in [-0.2, 0) is 9.84 Å². The molecule has 11 nitrogen and oxygen atoms in total. The molecule has 5 rings (SSSR count). The van der Waals surface area contributed by atoms with Gasteiger partial charge in [-0.25, -0.2) is 18.2 Å². The number of rotatable bonds is 6. The van der Waals surface area contributed by atoms with E-state index in [1.165, 1.54) is 6.42 Å². The lowest BCUT2D eigenvalue weighted by Gasteiger charge is -2.40. The van der Waals surface area contributed by atoms with Crippen LogP contribution in [0.5, 0.6) is 0 Å². The first-order chi connectivity index (χ1) is 17.4. The highest BCUT2D eigenvalue weighted by Gasteiger charge is 2.38.